The molecule has 2 aliphatic rings. The van der Waals surface area contributed by atoms with Crippen molar-refractivity contribution in [3.63, 3.8) is 0 Å². The van der Waals surface area contributed by atoms with Gasteiger partial charge < -0.3 is 19.3 Å². The van der Waals surface area contributed by atoms with Crippen LogP contribution in [0.25, 0.3) is 0 Å². The second-order valence-corrected chi connectivity index (χ2v) is 8.30. The van der Waals surface area contributed by atoms with Gasteiger partial charge in [0.1, 0.15) is 0 Å². The summed E-state index contributed by atoms with van der Waals surface area (Å²) in [7, 11) is 2.96. The lowest BCUT2D eigenvalue weighted by molar-refractivity contribution is -0.256. The molecule has 0 aromatic heterocycles. The number of hydrogen-bond acceptors (Lipinski definition) is 5. The summed E-state index contributed by atoms with van der Waals surface area (Å²) in [5.41, 5.74) is 1.52. The largest absolute Gasteiger partial charge is 0.351 e. The third-order valence-corrected chi connectivity index (χ3v) is 5.91. The summed E-state index contributed by atoms with van der Waals surface area (Å²) in [6.45, 7) is 0.174. The molecule has 4 rings (SSSR count). The summed E-state index contributed by atoms with van der Waals surface area (Å²) in [6, 6.07) is 17.9. The van der Waals surface area contributed by atoms with Crippen LogP contribution in [0.15, 0.2) is 60.7 Å². The lowest BCUT2D eigenvalue weighted by Gasteiger charge is -2.44. The highest BCUT2D eigenvalue weighted by molar-refractivity contribution is 5.94. The molecule has 2 heterocycles. The molecule has 35 heavy (non-hydrogen) atoms. The van der Waals surface area contributed by atoms with Crippen LogP contribution < -0.4 is 0 Å². The van der Waals surface area contributed by atoms with Crippen molar-refractivity contribution in [2.24, 2.45) is 11.8 Å². The van der Waals surface area contributed by atoms with Gasteiger partial charge in [-0.05, 0) is 11.1 Å². The predicted octanol–water partition coefficient (Wildman–Crippen LogP) is 3.67. The number of benzene rings is 2. The first-order valence-electron chi connectivity index (χ1n) is 14.7. The molecule has 188 valence electrons. The topological polar surface area (TPSA) is 76.2 Å². The number of carbonyl (C=O) groups is 3. The third kappa shape index (κ3) is 6.77. The van der Waals surface area contributed by atoms with E-state index in [1.54, 1.807) is 37.3 Å². The summed E-state index contributed by atoms with van der Waals surface area (Å²) < 4.78 is 66.0. The van der Waals surface area contributed by atoms with Gasteiger partial charge >= 0.3 is 0 Å². The first-order valence-corrected chi connectivity index (χ1v) is 11.2. The van der Waals surface area contributed by atoms with Crippen LogP contribution in [-0.4, -0.2) is 60.4 Å². The molecule has 2 aromatic rings. The Morgan fingerprint density at radius 2 is 1.34 bits per heavy atom. The van der Waals surface area contributed by atoms with E-state index in [1.807, 2.05) is 30.3 Å². The molecule has 2 amide bonds. The zero-order valence-electron chi connectivity index (χ0n) is 27.4. The Morgan fingerprint density at radius 3 is 1.86 bits per heavy atom. The van der Waals surface area contributed by atoms with E-state index in [0.717, 1.165) is 12.5 Å². The molecule has 0 spiro atoms. The van der Waals surface area contributed by atoms with Crippen molar-refractivity contribution >= 4 is 17.6 Å². The SMILES string of the molecule is [2H]C1([2H])C(=O)C([2H])(C)C([2H])([2H])C(=O)N1Cc1ccccc1.[2H]C1([2H])C(=O)N(Cc2ccccc2)CC(OC)(OC)C1C. The molecule has 2 aliphatic heterocycles. The number of amides is 2. The number of likely N-dealkylation sites (tertiary alicyclic amines) is 2. The van der Waals surface area contributed by atoms with Crippen molar-refractivity contribution in [1.82, 2.24) is 9.80 Å². The molecule has 2 fully saturated rings. The van der Waals surface area contributed by atoms with E-state index in [2.05, 4.69) is 0 Å². The minimum Gasteiger partial charge on any atom is -0.351 e. The fourth-order valence-electron chi connectivity index (χ4n) is 3.78. The summed E-state index contributed by atoms with van der Waals surface area (Å²) in [5, 5.41) is 0. The summed E-state index contributed by atoms with van der Waals surface area (Å²) in [5.74, 6) is -7.25. The van der Waals surface area contributed by atoms with E-state index in [0.29, 0.717) is 17.0 Å². The molecule has 2 aromatic carbocycles. The Bertz CT molecular complexity index is 1290. The van der Waals surface area contributed by atoms with Gasteiger partial charge in [0.05, 0.1) is 15.8 Å². The van der Waals surface area contributed by atoms with Gasteiger partial charge in [-0.3, -0.25) is 14.4 Å². The number of ether oxygens (including phenoxy) is 2. The molecule has 7 heteroatoms. The highest BCUT2D eigenvalue weighted by Gasteiger charge is 2.45. The minimum absolute atomic E-state index is 0.203. The van der Waals surface area contributed by atoms with Crippen LogP contribution in [0.1, 0.15) is 47.3 Å². The third-order valence-electron chi connectivity index (χ3n) is 5.91. The lowest BCUT2D eigenvalue weighted by atomic mass is 9.91. The Labute approximate surface area is 217 Å². The Hall–Kier alpha value is -3.03. The normalized spacial score (nSPS) is 31.4. The summed E-state index contributed by atoms with van der Waals surface area (Å²) in [4.78, 5) is 38.9. The number of Topliss-reactive ketones (excluding diaryl/α,β-unsaturated/α-hetero) is 1. The van der Waals surface area contributed by atoms with E-state index in [9.17, 15) is 14.4 Å². The highest BCUT2D eigenvalue weighted by atomic mass is 16.7. The van der Waals surface area contributed by atoms with E-state index in [-0.39, 0.29) is 13.1 Å². The monoisotopic (exact) mass is 487 g/mol. The Kier molecular flexibility index (Phi) is 6.31. The zero-order chi connectivity index (χ0) is 31.7. The second kappa shape index (κ2) is 12.1. The van der Waals surface area contributed by atoms with Gasteiger partial charge in [0, 0.05) is 58.7 Å². The number of rotatable bonds is 6. The van der Waals surface area contributed by atoms with Gasteiger partial charge in [-0.2, -0.15) is 0 Å². The second-order valence-electron chi connectivity index (χ2n) is 8.30. The fourth-order valence-corrected chi connectivity index (χ4v) is 3.78. The number of nitrogens with zero attached hydrogens (tertiary/aromatic N) is 2. The van der Waals surface area contributed by atoms with Crippen molar-refractivity contribution in [2.45, 2.75) is 45.5 Å². The zero-order valence-corrected chi connectivity index (χ0v) is 20.4. The van der Waals surface area contributed by atoms with E-state index in [1.165, 1.54) is 19.1 Å². The van der Waals surface area contributed by atoms with Crippen molar-refractivity contribution in [3.05, 3.63) is 71.8 Å². The molecule has 2 saturated heterocycles. The average molecular weight is 488 g/mol. The number of piperidine rings is 2. The van der Waals surface area contributed by atoms with Gasteiger partial charge in [-0.25, -0.2) is 0 Å². The van der Waals surface area contributed by atoms with Crippen molar-refractivity contribution in [3.8, 4) is 0 Å². The van der Waals surface area contributed by atoms with Crippen LogP contribution in [0.5, 0.6) is 0 Å². The number of carbonyl (C=O) groups excluding carboxylic acids is 3. The maximum Gasteiger partial charge on any atom is 0.223 e. The van der Waals surface area contributed by atoms with E-state index in [4.69, 9.17) is 19.1 Å². The van der Waals surface area contributed by atoms with Gasteiger partial charge in [0.15, 0.2) is 11.6 Å². The number of ketones is 1. The molecule has 0 radical (unpaired) electrons. The average Bonchev–Trinajstić information content (AvgIpc) is 2.96. The predicted molar refractivity (Wildman–Crippen MR) is 133 cm³/mol. The van der Waals surface area contributed by atoms with E-state index >= 15 is 0 Å². The van der Waals surface area contributed by atoms with Gasteiger partial charge in [0.25, 0.3) is 0 Å². The Balaban J connectivity index is 0.000000230. The summed E-state index contributed by atoms with van der Waals surface area (Å²) in [6.07, 6.45) is -4.80. The smallest absolute Gasteiger partial charge is 0.223 e. The van der Waals surface area contributed by atoms with Gasteiger partial charge in [-0.1, -0.05) is 74.5 Å². The maximum absolute atomic E-state index is 12.4. The van der Waals surface area contributed by atoms with E-state index < -0.39 is 54.4 Å². The highest BCUT2D eigenvalue weighted by Crippen LogP contribution is 2.32. The molecular formula is C28H36N2O5. The fraction of sp³-hybridized carbons (Fsp3) is 0.464. The lowest BCUT2D eigenvalue weighted by Crippen LogP contribution is -2.57. The molecule has 2 atom stereocenters. The van der Waals surface area contributed by atoms with Crippen LogP contribution in [0.4, 0.5) is 0 Å². The van der Waals surface area contributed by atoms with Crippen LogP contribution in [-0.2, 0) is 36.9 Å². The van der Waals surface area contributed by atoms with Crippen molar-refractivity contribution < 1.29 is 33.5 Å². The van der Waals surface area contributed by atoms with Gasteiger partial charge in [-0.15, -0.1) is 0 Å². The van der Waals surface area contributed by atoms with Crippen LogP contribution in [0.3, 0.4) is 0 Å². The Morgan fingerprint density at radius 1 is 0.857 bits per heavy atom. The summed E-state index contributed by atoms with van der Waals surface area (Å²) >= 11 is 0. The quantitative estimate of drug-likeness (QED) is 0.581. The molecule has 0 aliphatic carbocycles. The number of methoxy groups -OCH3 is 2. The first-order chi connectivity index (χ1) is 19.4. The van der Waals surface area contributed by atoms with Crippen molar-refractivity contribution in [1.29, 1.82) is 0 Å². The molecule has 2 unspecified atom stereocenters. The van der Waals surface area contributed by atoms with Crippen LogP contribution in [0, 0.1) is 11.8 Å². The molecule has 7 nitrogen and oxygen atoms in total. The van der Waals surface area contributed by atoms with Crippen LogP contribution in [0.2, 0.25) is 0 Å². The minimum atomic E-state index is -2.77. The maximum atomic E-state index is 12.4. The molecule has 0 saturated carbocycles. The van der Waals surface area contributed by atoms with Gasteiger partial charge in [0.2, 0.25) is 11.8 Å². The molecular weight excluding hydrogens is 444 g/mol. The first kappa shape index (κ1) is 18.3. The molecule has 0 N–H and O–H groups in total. The number of hydrogen-bond donors (Lipinski definition) is 0. The molecule has 0 bridgehead atoms. The standard InChI is InChI=1S/C15H21NO3.C13H15NO2/c1-12-9-14(17)16(11-15(12,18-2)19-3)10-13-7-5-4-6-8-13;1-10-7-13(16)14(9-12(10)15)8-11-5-3-2-4-6-11/h4-8,12H,9-11H2,1-3H3;2-6,10H,7-9H2,1H3/i9D2;7D2,9D2,10D. The van der Waals surface area contributed by atoms with Crippen LogP contribution >= 0.6 is 0 Å². The van der Waals surface area contributed by atoms with Crippen molar-refractivity contribution in [2.75, 3.05) is 27.3 Å².